The van der Waals surface area contributed by atoms with E-state index in [-0.39, 0.29) is 10.7 Å². The number of fused-ring (bicyclic) bond motifs is 1. The number of aromatic nitrogens is 2. The molecule has 0 fully saturated rings. The van der Waals surface area contributed by atoms with Crippen molar-refractivity contribution in [2.75, 3.05) is 12.3 Å². The Bertz CT molecular complexity index is 628. The van der Waals surface area contributed by atoms with Crippen LogP contribution in [0.3, 0.4) is 0 Å². The third-order valence-electron chi connectivity index (χ3n) is 3.14. The Kier molecular flexibility index (Phi) is 4.93. The first-order chi connectivity index (χ1) is 9.87. The third-order valence-corrected chi connectivity index (χ3v) is 4.41. The van der Waals surface area contributed by atoms with Gasteiger partial charge in [0, 0.05) is 17.8 Å². The molecule has 0 aliphatic heterocycles. The average molecular weight is 305 g/mol. The van der Waals surface area contributed by atoms with Gasteiger partial charge >= 0.3 is 0 Å². The van der Waals surface area contributed by atoms with Crippen LogP contribution in [0.25, 0.3) is 11.0 Å². The van der Waals surface area contributed by atoms with E-state index in [0.717, 1.165) is 23.4 Å². The summed E-state index contributed by atoms with van der Waals surface area (Å²) in [5.41, 5.74) is 2.12. The van der Waals surface area contributed by atoms with Crippen molar-refractivity contribution in [1.82, 2.24) is 14.9 Å². The zero-order valence-corrected chi connectivity index (χ0v) is 14.0. The molecular weight excluding hydrogens is 282 g/mol. The maximum absolute atomic E-state index is 11.8. The summed E-state index contributed by atoms with van der Waals surface area (Å²) in [6, 6.07) is 8.08. The van der Waals surface area contributed by atoms with Gasteiger partial charge in [-0.2, -0.15) is 0 Å². The lowest BCUT2D eigenvalue weighted by Gasteiger charge is -2.17. The van der Waals surface area contributed by atoms with Crippen molar-refractivity contribution in [1.29, 1.82) is 0 Å². The molecule has 0 bridgehead atoms. The standard InChI is InChI=1S/C16H23N3OS/c1-12-18-13-7-5-6-8-14(13)19(12)10-9-17-15(20)11-21-16(2,3)4/h5-8H,9-11H2,1-4H3,(H,17,20). The summed E-state index contributed by atoms with van der Waals surface area (Å²) in [5.74, 6) is 1.58. The number of imidazole rings is 1. The van der Waals surface area contributed by atoms with Gasteiger partial charge in [-0.25, -0.2) is 4.98 Å². The molecule has 0 spiro atoms. The molecule has 4 nitrogen and oxygen atoms in total. The molecule has 0 saturated carbocycles. The number of nitrogens with zero attached hydrogens (tertiary/aromatic N) is 2. The van der Waals surface area contributed by atoms with Crippen LogP contribution >= 0.6 is 11.8 Å². The molecule has 2 aromatic rings. The van der Waals surface area contributed by atoms with Crippen LogP contribution in [0, 0.1) is 6.92 Å². The topological polar surface area (TPSA) is 46.9 Å². The molecule has 21 heavy (non-hydrogen) atoms. The summed E-state index contributed by atoms with van der Waals surface area (Å²) < 4.78 is 2.26. The first-order valence-electron chi connectivity index (χ1n) is 7.19. The van der Waals surface area contributed by atoms with Gasteiger partial charge in [0.25, 0.3) is 0 Å². The molecule has 2 rings (SSSR count). The number of aryl methyl sites for hydroxylation is 1. The Morgan fingerprint density at radius 3 is 2.76 bits per heavy atom. The van der Waals surface area contributed by atoms with Crippen molar-refractivity contribution in [3.05, 3.63) is 30.1 Å². The van der Waals surface area contributed by atoms with Gasteiger partial charge in [0.2, 0.25) is 5.91 Å². The smallest absolute Gasteiger partial charge is 0.230 e. The molecule has 0 saturated heterocycles. The van der Waals surface area contributed by atoms with E-state index in [1.165, 1.54) is 0 Å². The fourth-order valence-corrected chi connectivity index (χ4v) is 2.78. The SMILES string of the molecule is Cc1nc2ccccc2n1CCNC(=O)CSC(C)(C)C. The van der Waals surface area contributed by atoms with Crippen molar-refractivity contribution in [2.45, 2.75) is 39.0 Å². The minimum atomic E-state index is 0.0944. The molecule has 0 aliphatic rings. The largest absolute Gasteiger partial charge is 0.354 e. The van der Waals surface area contributed by atoms with Crippen LogP contribution in [-0.2, 0) is 11.3 Å². The minimum Gasteiger partial charge on any atom is -0.354 e. The summed E-state index contributed by atoms with van der Waals surface area (Å²) >= 11 is 1.66. The third kappa shape index (κ3) is 4.49. The van der Waals surface area contributed by atoms with Crippen LogP contribution in [0.1, 0.15) is 26.6 Å². The molecular formula is C16H23N3OS. The van der Waals surface area contributed by atoms with Gasteiger partial charge in [-0.3, -0.25) is 4.79 Å². The van der Waals surface area contributed by atoms with E-state index in [2.05, 4.69) is 41.7 Å². The molecule has 1 heterocycles. The number of carbonyl (C=O) groups is 1. The number of rotatable bonds is 5. The number of carbonyl (C=O) groups excluding carboxylic acids is 1. The lowest BCUT2D eigenvalue weighted by atomic mass is 10.3. The van der Waals surface area contributed by atoms with Gasteiger partial charge in [0.15, 0.2) is 0 Å². The van der Waals surface area contributed by atoms with Crippen LogP contribution < -0.4 is 5.32 Å². The van der Waals surface area contributed by atoms with E-state index in [1.807, 2.05) is 25.1 Å². The highest BCUT2D eigenvalue weighted by atomic mass is 32.2. The number of para-hydroxylation sites is 2. The van der Waals surface area contributed by atoms with E-state index in [0.29, 0.717) is 12.3 Å². The number of thioether (sulfide) groups is 1. The minimum absolute atomic E-state index is 0.0944. The molecule has 1 aromatic heterocycles. The predicted molar refractivity (Wildman–Crippen MR) is 89.7 cm³/mol. The summed E-state index contributed by atoms with van der Waals surface area (Å²) in [5, 5.41) is 2.98. The molecule has 1 aromatic carbocycles. The molecule has 0 aliphatic carbocycles. The number of hydrogen-bond donors (Lipinski definition) is 1. The number of hydrogen-bond acceptors (Lipinski definition) is 3. The van der Waals surface area contributed by atoms with Crippen LogP contribution in [0.15, 0.2) is 24.3 Å². The first kappa shape index (κ1) is 15.9. The highest BCUT2D eigenvalue weighted by Gasteiger charge is 2.13. The van der Waals surface area contributed by atoms with Crippen LogP contribution in [0.4, 0.5) is 0 Å². The lowest BCUT2D eigenvalue weighted by Crippen LogP contribution is -2.30. The molecule has 0 unspecified atom stereocenters. The average Bonchev–Trinajstić information content (AvgIpc) is 2.72. The van der Waals surface area contributed by atoms with Gasteiger partial charge in [0.1, 0.15) is 5.82 Å². The number of benzene rings is 1. The molecule has 5 heteroatoms. The maximum atomic E-state index is 11.8. The first-order valence-corrected chi connectivity index (χ1v) is 8.18. The summed E-state index contributed by atoms with van der Waals surface area (Å²) in [4.78, 5) is 16.3. The van der Waals surface area contributed by atoms with E-state index in [9.17, 15) is 4.79 Å². The fraction of sp³-hybridized carbons (Fsp3) is 0.500. The predicted octanol–water partition coefficient (Wildman–Crippen LogP) is 2.99. The zero-order valence-electron chi connectivity index (χ0n) is 13.1. The van der Waals surface area contributed by atoms with Gasteiger partial charge in [0.05, 0.1) is 16.8 Å². The second kappa shape index (κ2) is 6.52. The van der Waals surface area contributed by atoms with Crippen molar-refractivity contribution in [3.63, 3.8) is 0 Å². The summed E-state index contributed by atoms with van der Waals surface area (Å²) in [6.07, 6.45) is 0. The highest BCUT2D eigenvalue weighted by molar-refractivity contribution is 8.01. The summed E-state index contributed by atoms with van der Waals surface area (Å²) in [7, 11) is 0. The van der Waals surface area contributed by atoms with Gasteiger partial charge in [-0.05, 0) is 19.1 Å². The van der Waals surface area contributed by atoms with E-state index >= 15 is 0 Å². The monoisotopic (exact) mass is 305 g/mol. The van der Waals surface area contributed by atoms with Crippen molar-refractivity contribution >= 4 is 28.7 Å². The van der Waals surface area contributed by atoms with Gasteiger partial charge in [-0.1, -0.05) is 32.9 Å². The Hall–Kier alpha value is -1.49. The normalized spacial score (nSPS) is 11.8. The number of nitrogens with one attached hydrogen (secondary N) is 1. The second-order valence-corrected chi connectivity index (χ2v) is 7.85. The van der Waals surface area contributed by atoms with Gasteiger partial charge < -0.3 is 9.88 Å². The van der Waals surface area contributed by atoms with Crippen LogP contribution in [-0.4, -0.2) is 32.5 Å². The van der Waals surface area contributed by atoms with Crippen molar-refractivity contribution in [2.24, 2.45) is 0 Å². The molecule has 1 amide bonds. The van der Waals surface area contributed by atoms with Gasteiger partial charge in [-0.15, -0.1) is 11.8 Å². The lowest BCUT2D eigenvalue weighted by molar-refractivity contribution is -0.118. The molecule has 114 valence electrons. The Morgan fingerprint density at radius 2 is 2.05 bits per heavy atom. The van der Waals surface area contributed by atoms with Crippen molar-refractivity contribution < 1.29 is 4.79 Å². The van der Waals surface area contributed by atoms with Crippen LogP contribution in [0.2, 0.25) is 0 Å². The quantitative estimate of drug-likeness (QED) is 0.924. The van der Waals surface area contributed by atoms with Crippen molar-refractivity contribution in [3.8, 4) is 0 Å². The Morgan fingerprint density at radius 1 is 1.33 bits per heavy atom. The van der Waals surface area contributed by atoms with Crippen LogP contribution in [0.5, 0.6) is 0 Å². The fourth-order valence-electron chi connectivity index (χ4n) is 2.12. The highest BCUT2D eigenvalue weighted by Crippen LogP contribution is 2.22. The summed E-state index contributed by atoms with van der Waals surface area (Å²) in [6.45, 7) is 9.73. The zero-order chi connectivity index (χ0) is 15.5. The molecule has 0 radical (unpaired) electrons. The van der Waals surface area contributed by atoms with E-state index < -0.39 is 0 Å². The molecule has 0 atom stereocenters. The maximum Gasteiger partial charge on any atom is 0.230 e. The Labute approximate surface area is 130 Å². The Balaban J connectivity index is 1.88. The van der Waals surface area contributed by atoms with E-state index in [4.69, 9.17) is 0 Å². The van der Waals surface area contributed by atoms with E-state index in [1.54, 1.807) is 11.8 Å². The molecule has 1 N–H and O–H groups in total. The number of amides is 1. The second-order valence-electron chi connectivity index (χ2n) is 6.05.